The molecule has 0 saturated carbocycles. The summed E-state index contributed by atoms with van der Waals surface area (Å²) in [6.07, 6.45) is 3.12. The van der Waals surface area contributed by atoms with Gasteiger partial charge in [-0.1, -0.05) is 13.8 Å². The van der Waals surface area contributed by atoms with Gasteiger partial charge in [0.15, 0.2) is 0 Å². The van der Waals surface area contributed by atoms with Crippen molar-refractivity contribution in [3.8, 4) is 0 Å². The molecule has 16 heavy (non-hydrogen) atoms. The van der Waals surface area contributed by atoms with Crippen LogP contribution in [0.25, 0.3) is 0 Å². The van der Waals surface area contributed by atoms with Gasteiger partial charge >= 0.3 is 0 Å². The van der Waals surface area contributed by atoms with Crippen LogP contribution in [0, 0.1) is 0 Å². The number of sulfone groups is 1. The van der Waals surface area contributed by atoms with Crippen molar-refractivity contribution in [1.29, 1.82) is 0 Å². The fourth-order valence-corrected chi connectivity index (χ4v) is 2.22. The lowest BCUT2D eigenvalue weighted by Gasteiger charge is -2.17. The Labute approximate surface area is 100 Å². The zero-order chi connectivity index (χ0) is 12.4. The summed E-state index contributed by atoms with van der Waals surface area (Å²) in [5.41, 5.74) is 0. The van der Waals surface area contributed by atoms with Crippen LogP contribution in [-0.2, 0) is 9.84 Å². The third kappa shape index (κ3) is 10.4. The van der Waals surface area contributed by atoms with Crippen molar-refractivity contribution in [2.24, 2.45) is 0 Å². The smallest absolute Gasteiger partial charge is 0.147 e. The first kappa shape index (κ1) is 15.9. The van der Waals surface area contributed by atoms with Gasteiger partial charge in [0.25, 0.3) is 0 Å². The molecule has 0 saturated heterocycles. The second kappa shape index (κ2) is 8.96. The van der Waals surface area contributed by atoms with E-state index in [1.165, 1.54) is 6.26 Å². The summed E-state index contributed by atoms with van der Waals surface area (Å²) < 4.78 is 21.7. The highest BCUT2D eigenvalue weighted by atomic mass is 32.2. The minimum atomic E-state index is -2.79. The van der Waals surface area contributed by atoms with Gasteiger partial charge in [-0.05, 0) is 45.6 Å². The topological polar surface area (TPSA) is 49.4 Å². The summed E-state index contributed by atoms with van der Waals surface area (Å²) in [7, 11) is -2.79. The first-order chi connectivity index (χ1) is 7.49. The van der Waals surface area contributed by atoms with Crippen molar-refractivity contribution in [3.63, 3.8) is 0 Å². The normalized spacial score (nSPS) is 12.2. The molecule has 4 nitrogen and oxygen atoms in total. The second-order valence-electron chi connectivity index (χ2n) is 4.11. The van der Waals surface area contributed by atoms with E-state index in [9.17, 15) is 8.42 Å². The van der Waals surface area contributed by atoms with Crippen LogP contribution in [-0.4, -0.2) is 58.1 Å². The summed E-state index contributed by atoms with van der Waals surface area (Å²) in [4.78, 5) is 2.39. The molecule has 0 rings (SSSR count). The van der Waals surface area contributed by atoms with Gasteiger partial charge in [-0.15, -0.1) is 0 Å². The van der Waals surface area contributed by atoms with Crippen molar-refractivity contribution in [2.75, 3.05) is 44.7 Å². The van der Waals surface area contributed by atoms with Crippen molar-refractivity contribution in [1.82, 2.24) is 10.2 Å². The molecule has 5 heteroatoms. The third-order valence-corrected chi connectivity index (χ3v) is 3.62. The Hall–Kier alpha value is -0.130. The van der Waals surface area contributed by atoms with Crippen LogP contribution in [0.3, 0.4) is 0 Å². The summed E-state index contributed by atoms with van der Waals surface area (Å²) >= 11 is 0. The highest BCUT2D eigenvalue weighted by Crippen LogP contribution is 1.90. The maximum atomic E-state index is 10.9. The minimum absolute atomic E-state index is 0.288. The Balaban J connectivity index is 3.28. The Bertz CT molecular complexity index is 249. The van der Waals surface area contributed by atoms with Crippen molar-refractivity contribution in [3.05, 3.63) is 0 Å². The number of rotatable bonds is 10. The standard InChI is InChI=1S/C11H26N2O2S/c1-4-13(5-2)10-6-8-12-9-7-11-16(3,14)15/h12H,4-11H2,1-3H3. The van der Waals surface area contributed by atoms with E-state index in [1.54, 1.807) is 0 Å². The predicted molar refractivity (Wildman–Crippen MR) is 69.6 cm³/mol. The summed E-state index contributed by atoms with van der Waals surface area (Å²) in [5.74, 6) is 0.288. The van der Waals surface area contributed by atoms with Gasteiger partial charge in [-0.3, -0.25) is 0 Å². The zero-order valence-electron chi connectivity index (χ0n) is 10.8. The molecule has 0 radical (unpaired) electrons. The Kier molecular flexibility index (Phi) is 8.89. The fourth-order valence-electron chi connectivity index (χ4n) is 1.55. The predicted octanol–water partition coefficient (Wildman–Crippen LogP) is 0.743. The van der Waals surface area contributed by atoms with Crippen LogP contribution in [0.5, 0.6) is 0 Å². The summed E-state index contributed by atoms with van der Waals surface area (Å²) in [6.45, 7) is 9.43. The third-order valence-electron chi connectivity index (χ3n) is 2.59. The monoisotopic (exact) mass is 250 g/mol. The SMILES string of the molecule is CCN(CC)CCCNCCCS(C)(=O)=O. The van der Waals surface area contributed by atoms with E-state index in [-0.39, 0.29) is 5.75 Å². The van der Waals surface area contributed by atoms with Gasteiger partial charge in [0.05, 0.1) is 5.75 Å². The van der Waals surface area contributed by atoms with Crippen molar-refractivity contribution < 1.29 is 8.42 Å². The molecule has 98 valence electrons. The lowest BCUT2D eigenvalue weighted by Crippen LogP contribution is -2.27. The van der Waals surface area contributed by atoms with E-state index in [0.29, 0.717) is 6.42 Å². The molecule has 0 heterocycles. The molecule has 0 amide bonds. The first-order valence-corrected chi connectivity index (χ1v) is 8.16. The van der Waals surface area contributed by atoms with Crippen molar-refractivity contribution >= 4 is 9.84 Å². The Morgan fingerprint density at radius 1 is 1.06 bits per heavy atom. The van der Waals surface area contributed by atoms with Crippen LogP contribution in [0.4, 0.5) is 0 Å². The Morgan fingerprint density at radius 3 is 2.12 bits per heavy atom. The molecule has 1 N–H and O–H groups in total. The van der Waals surface area contributed by atoms with E-state index >= 15 is 0 Å². The van der Waals surface area contributed by atoms with Crippen molar-refractivity contribution in [2.45, 2.75) is 26.7 Å². The molecular formula is C11H26N2O2S. The summed E-state index contributed by atoms with van der Waals surface area (Å²) in [6, 6.07) is 0. The van der Waals surface area contributed by atoms with Crippen LogP contribution in [0.15, 0.2) is 0 Å². The van der Waals surface area contributed by atoms with Gasteiger partial charge in [0.2, 0.25) is 0 Å². The first-order valence-electron chi connectivity index (χ1n) is 6.10. The molecule has 0 atom stereocenters. The second-order valence-corrected chi connectivity index (χ2v) is 6.37. The Morgan fingerprint density at radius 2 is 1.62 bits per heavy atom. The molecule has 0 aromatic carbocycles. The zero-order valence-corrected chi connectivity index (χ0v) is 11.6. The molecule has 0 aromatic heterocycles. The van der Waals surface area contributed by atoms with Crippen LogP contribution in [0.2, 0.25) is 0 Å². The molecular weight excluding hydrogens is 224 g/mol. The van der Waals surface area contributed by atoms with Gasteiger partial charge in [0, 0.05) is 6.26 Å². The lowest BCUT2D eigenvalue weighted by atomic mass is 10.3. The minimum Gasteiger partial charge on any atom is -0.317 e. The van der Waals surface area contributed by atoms with Gasteiger partial charge in [-0.2, -0.15) is 0 Å². The van der Waals surface area contributed by atoms with Gasteiger partial charge in [0.1, 0.15) is 9.84 Å². The van der Waals surface area contributed by atoms with E-state index in [1.807, 2.05) is 0 Å². The molecule has 0 spiro atoms. The largest absolute Gasteiger partial charge is 0.317 e. The highest BCUT2D eigenvalue weighted by Gasteiger charge is 2.01. The molecule has 0 bridgehead atoms. The molecule has 0 aliphatic rings. The number of nitrogens with zero attached hydrogens (tertiary/aromatic N) is 1. The molecule has 0 aromatic rings. The molecule has 0 aliphatic carbocycles. The molecule has 0 aliphatic heterocycles. The van der Waals surface area contributed by atoms with Crippen LogP contribution >= 0.6 is 0 Å². The van der Waals surface area contributed by atoms with E-state index in [4.69, 9.17) is 0 Å². The van der Waals surface area contributed by atoms with E-state index in [2.05, 4.69) is 24.1 Å². The maximum Gasteiger partial charge on any atom is 0.147 e. The maximum absolute atomic E-state index is 10.9. The number of nitrogens with one attached hydrogen (secondary N) is 1. The molecule has 0 unspecified atom stereocenters. The van der Waals surface area contributed by atoms with E-state index in [0.717, 1.165) is 39.1 Å². The van der Waals surface area contributed by atoms with Crippen LogP contribution in [0.1, 0.15) is 26.7 Å². The number of hydrogen-bond donors (Lipinski definition) is 1. The average Bonchev–Trinajstić information content (AvgIpc) is 2.21. The highest BCUT2D eigenvalue weighted by molar-refractivity contribution is 7.90. The van der Waals surface area contributed by atoms with E-state index < -0.39 is 9.84 Å². The average molecular weight is 250 g/mol. The van der Waals surface area contributed by atoms with Crippen LogP contribution < -0.4 is 5.32 Å². The fraction of sp³-hybridized carbons (Fsp3) is 1.00. The number of hydrogen-bond acceptors (Lipinski definition) is 4. The van der Waals surface area contributed by atoms with Gasteiger partial charge in [-0.25, -0.2) is 8.42 Å². The quantitative estimate of drug-likeness (QED) is 0.581. The molecule has 0 fully saturated rings. The van der Waals surface area contributed by atoms with Gasteiger partial charge < -0.3 is 10.2 Å². The summed E-state index contributed by atoms with van der Waals surface area (Å²) in [5, 5.41) is 3.27. The lowest BCUT2D eigenvalue weighted by molar-refractivity contribution is 0.298.